The van der Waals surface area contributed by atoms with E-state index in [1.54, 1.807) is 0 Å². The minimum Gasteiger partial charge on any atom is -0.280 e. The molecule has 0 spiro atoms. The minimum absolute atomic E-state index is 0.00739. The first-order valence-corrected chi connectivity index (χ1v) is 26.7. The number of hydrogen-bond acceptors (Lipinski definition) is 5. The van der Waals surface area contributed by atoms with Crippen molar-refractivity contribution < 1.29 is 0 Å². The molecule has 0 N–H and O–H groups in total. The average molecular weight is 875 g/mol. The number of benzene rings is 1. The fourth-order valence-electron chi connectivity index (χ4n) is 10.8. The molecule has 5 aromatic heterocycles. The lowest BCUT2D eigenvalue weighted by atomic mass is 9.82. The molecule has 63 heavy (non-hydrogen) atoms. The Bertz CT molecular complexity index is 2450. The van der Waals surface area contributed by atoms with Crippen molar-refractivity contribution in [3.05, 3.63) is 79.5 Å². The maximum absolute atomic E-state index is 16.1. The summed E-state index contributed by atoms with van der Waals surface area (Å²) in [4.78, 5) is 31.9. The summed E-state index contributed by atoms with van der Waals surface area (Å²) in [5.41, 5.74) is 9.92. The van der Waals surface area contributed by atoms with Crippen LogP contribution in [0.2, 0.25) is 0 Å². The van der Waals surface area contributed by atoms with Crippen molar-refractivity contribution in [2.45, 2.75) is 233 Å². The highest BCUT2D eigenvalue weighted by Gasteiger charge is 2.31. The quantitative estimate of drug-likeness (QED) is 0.0440. The molecule has 0 radical (unpaired) electrons. The number of pyridine rings is 2. The Hall–Kier alpha value is -3.58. The van der Waals surface area contributed by atoms with Gasteiger partial charge in [-0.1, -0.05) is 196 Å². The van der Waals surface area contributed by atoms with E-state index in [4.69, 9.17) is 8.75 Å². The smallest absolute Gasteiger partial charge is 0.264 e. The Morgan fingerprint density at radius 2 is 0.905 bits per heavy atom. The SMILES string of the molecule is CCCCCCCCC(CCCCCC)c1c2c(=O)n3c(C(C)C)ccc3c(C(CCCCCC)CCCCCCCC)c2c(=O)n2c(-c3ccc(C(C)C)c4nsnc34)ccc12. The molecule has 344 valence electrons. The van der Waals surface area contributed by atoms with E-state index in [0.717, 1.165) is 102 Å². The van der Waals surface area contributed by atoms with E-state index < -0.39 is 0 Å². The second kappa shape index (κ2) is 24.1. The summed E-state index contributed by atoms with van der Waals surface area (Å²) in [6, 6.07) is 13.1. The highest BCUT2D eigenvalue weighted by molar-refractivity contribution is 7.00. The zero-order valence-electron chi connectivity index (χ0n) is 40.8. The third kappa shape index (κ3) is 11.1. The van der Waals surface area contributed by atoms with Crippen molar-refractivity contribution in [1.29, 1.82) is 0 Å². The molecule has 6 rings (SSSR count). The largest absolute Gasteiger partial charge is 0.280 e. The molecular weight excluding hydrogens is 793 g/mol. The first-order valence-electron chi connectivity index (χ1n) is 26.0. The van der Waals surface area contributed by atoms with Gasteiger partial charge in [-0.25, -0.2) is 0 Å². The van der Waals surface area contributed by atoms with Gasteiger partial charge in [-0.3, -0.25) is 18.4 Å². The molecule has 0 aliphatic heterocycles. The summed E-state index contributed by atoms with van der Waals surface area (Å²) in [6.07, 6.45) is 28.4. The van der Waals surface area contributed by atoms with Crippen molar-refractivity contribution in [3.63, 3.8) is 0 Å². The standard InChI is InChI=1S/C56H82N4O2S/c1-9-13-17-21-23-27-31-41(29-25-19-15-11-3)49-47-37-35-45(40(7)8)59(47)55(61)51-50(42(30-26-20-16-12-4)32-28-24-22-18-14-10-2)48-38-36-46(60(48)56(62)52(49)51)44-34-33-43(39(5)6)53-54(44)58-63-57-53/h33-42H,9-32H2,1-8H3. The summed E-state index contributed by atoms with van der Waals surface area (Å²) in [7, 11) is 0. The molecule has 5 heterocycles. The average Bonchev–Trinajstić information content (AvgIpc) is 4.05. The van der Waals surface area contributed by atoms with Crippen molar-refractivity contribution >= 4 is 44.6 Å². The summed E-state index contributed by atoms with van der Waals surface area (Å²) < 4.78 is 13.8. The maximum Gasteiger partial charge on any atom is 0.264 e. The van der Waals surface area contributed by atoms with Gasteiger partial charge in [-0.2, -0.15) is 8.75 Å². The number of nitrogens with zero attached hydrogens (tertiary/aromatic N) is 4. The normalized spacial score (nSPS) is 13.3. The Labute approximate surface area is 384 Å². The fourth-order valence-corrected chi connectivity index (χ4v) is 11.4. The van der Waals surface area contributed by atoms with Crippen LogP contribution in [-0.4, -0.2) is 17.5 Å². The van der Waals surface area contributed by atoms with Crippen LogP contribution < -0.4 is 11.1 Å². The van der Waals surface area contributed by atoms with E-state index in [1.807, 2.05) is 4.40 Å². The Kier molecular flexibility index (Phi) is 18.7. The lowest BCUT2D eigenvalue weighted by Crippen LogP contribution is -2.27. The van der Waals surface area contributed by atoms with Gasteiger partial charge in [0, 0.05) is 11.3 Å². The molecule has 0 aliphatic carbocycles. The van der Waals surface area contributed by atoms with E-state index in [-0.39, 0.29) is 28.9 Å². The lowest BCUT2D eigenvalue weighted by molar-refractivity contribution is 0.492. The van der Waals surface area contributed by atoms with E-state index in [1.165, 1.54) is 120 Å². The molecule has 1 aromatic carbocycles. The van der Waals surface area contributed by atoms with Gasteiger partial charge in [0.25, 0.3) is 11.1 Å². The van der Waals surface area contributed by atoms with Gasteiger partial charge in [0.1, 0.15) is 11.0 Å². The maximum atomic E-state index is 16.1. The minimum atomic E-state index is -0.0410. The molecule has 6 aromatic rings. The number of hydrogen-bond donors (Lipinski definition) is 0. The molecule has 0 aliphatic rings. The molecule has 6 nitrogen and oxygen atoms in total. The Balaban J connectivity index is 1.70. The van der Waals surface area contributed by atoms with Gasteiger partial charge >= 0.3 is 0 Å². The molecule has 2 atom stereocenters. The molecule has 0 fully saturated rings. The highest BCUT2D eigenvalue weighted by Crippen LogP contribution is 2.43. The number of unbranched alkanes of at least 4 members (excludes halogenated alkanes) is 16. The van der Waals surface area contributed by atoms with E-state index in [9.17, 15) is 0 Å². The number of rotatable bonds is 29. The monoisotopic (exact) mass is 875 g/mol. The van der Waals surface area contributed by atoms with Crippen molar-refractivity contribution in [3.8, 4) is 11.3 Å². The molecule has 0 saturated heterocycles. The highest BCUT2D eigenvalue weighted by atomic mass is 32.1. The number of fused-ring (bicyclic) bond motifs is 4. The zero-order valence-corrected chi connectivity index (χ0v) is 41.6. The van der Waals surface area contributed by atoms with Gasteiger partial charge < -0.3 is 0 Å². The predicted molar refractivity (Wildman–Crippen MR) is 273 cm³/mol. The first kappa shape index (κ1) is 48.9. The fraction of sp³-hybridized carbons (Fsp3) is 0.643. The topological polar surface area (TPSA) is 68.7 Å². The second-order valence-electron chi connectivity index (χ2n) is 19.8. The van der Waals surface area contributed by atoms with Crippen LogP contribution in [0.1, 0.15) is 256 Å². The Morgan fingerprint density at radius 1 is 0.476 bits per heavy atom. The van der Waals surface area contributed by atoms with Crippen LogP contribution in [0.3, 0.4) is 0 Å². The van der Waals surface area contributed by atoms with Crippen LogP contribution in [-0.2, 0) is 0 Å². The summed E-state index contributed by atoms with van der Waals surface area (Å²) in [5, 5.41) is 1.40. The number of aromatic nitrogens is 4. The van der Waals surface area contributed by atoms with Gasteiger partial charge in [0.05, 0.1) is 39.2 Å². The predicted octanol–water partition coefficient (Wildman–Crippen LogP) is 17.0. The third-order valence-electron chi connectivity index (χ3n) is 14.3. The first-order chi connectivity index (χ1) is 30.7. The van der Waals surface area contributed by atoms with Gasteiger partial charge in [-0.05, 0) is 90.3 Å². The lowest BCUT2D eigenvalue weighted by Gasteiger charge is -2.25. The van der Waals surface area contributed by atoms with Crippen LogP contribution in [0.5, 0.6) is 0 Å². The van der Waals surface area contributed by atoms with Crippen LogP contribution in [0, 0.1) is 0 Å². The summed E-state index contributed by atoms with van der Waals surface area (Å²) >= 11 is 1.25. The van der Waals surface area contributed by atoms with Crippen molar-refractivity contribution in [1.82, 2.24) is 17.5 Å². The van der Waals surface area contributed by atoms with Crippen molar-refractivity contribution in [2.24, 2.45) is 0 Å². The molecule has 0 saturated carbocycles. The van der Waals surface area contributed by atoms with E-state index in [2.05, 4.69) is 96.2 Å². The van der Waals surface area contributed by atoms with Crippen molar-refractivity contribution in [2.75, 3.05) is 0 Å². The molecule has 0 bridgehead atoms. The van der Waals surface area contributed by atoms with Crippen LogP contribution in [0.15, 0.2) is 46.0 Å². The van der Waals surface area contributed by atoms with Crippen LogP contribution in [0.4, 0.5) is 0 Å². The zero-order chi connectivity index (χ0) is 44.9. The molecule has 7 heteroatoms. The van der Waals surface area contributed by atoms with E-state index in [0.29, 0.717) is 16.7 Å². The van der Waals surface area contributed by atoms with Crippen LogP contribution >= 0.6 is 11.7 Å². The summed E-state index contributed by atoms with van der Waals surface area (Å²) in [5.74, 6) is 0.826. The molecule has 2 unspecified atom stereocenters. The second-order valence-corrected chi connectivity index (χ2v) is 20.3. The van der Waals surface area contributed by atoms with E-state index >= 15 is 9.59 Å². The third-order valence-corrected chi connectivity index (χ3v) is 14.9. The molecule has 0 amide bonds. The Morgan fingerprint density at radius 3 is 1.40 bits per heavy atom. The van der Waals surface area contributed by atoms with Crippen LogP contribution in [0.25, 0.3) is 44.1 Å². The summed E-state index contributed by atoms with van der Waals surface area (Å²) in [6.45, 7) is 18.0. The molecular formula is C56H82N4O2S. The van der Waals surface area contributed by atoms with Gasteiger partial charge in [0.2, 0.25) is 0 Å². The van der Waals surface area contributed by atoms with Gasteiger partial charge in [-0.15, -0.1) is 0 Å². The van der Waals surface area contributed by atoms with Gasteiger partial charge in [0.15, 0.2) is 0 Å².